The van der Waals surface area contributed by atoms with Gasteiger partial charge >= 0.3 is 0 Å². The first-order chi connectivity index (χ1) is 17.9. The van der Waals surface area contributed by atoms with Crippen LogP contribution in [-0.2, 0) is 25.9 Å². The van der Waals surface area contributed by atoms with Gasteiger partial charge in [-0.05, 0) is 80.5 Å². The van der Waals surface area contributed by atoms with E-state index >= 15 is 0 Å². The van der Waals surface area contributed by atoms with Crippen LogP contribution in [0.4, 0.5) is 0 Å². The van der Waals surface area contributed by atoms with Crippen molar-refractivity contribution in [3.05, 3.63) is 54.4 Å². The van der Waals surface area contributed by atoms with Crippen LogP contribution in [0.15, 0.2) is 53.7 Å². The van der Waals surface area contributed by atoms with Crippen molar-refractivity contribution in [1.29, 1.82) is 0 Å². The molecule has 3 N–H and O–H groups in total. The molecule has 0 aliphatic heterocycles. The van der Waals surface area contributed by atoms with Gasteiger partial charge in [-0.25, -0.2) is 13.9 Å². The summed E-state index contributed by atoms with van der Waals surface area (Å²) >= 11 is 0. The number of carbonyl (C=O) groups is 1. The second-order valence-corrected chi connectivity index (χ2v) is 11.5. The van der Waals surface area contributed by atoms with Crippen LogP contribution in [-0.4, -0.2) is 48.7 Å². The first-order valence-corrected chi connectivity index (χ1v) is 14.5. The van der Waals surface area contributed by atoms with Crippen molar-refractivity contribution in [1.82, 2.24) is 15.8 Å². The Bertz CT molecular complexity index is 1080. The van der Waals surface area contributed by atoms with Gasteiger partial charge in [0.05, 0.1) is 17.6 Å². The first-order valence-electron chi connectivity index (χ1n) is 13.1. The maximum atomic E-state index is 14.3. The molecule has 1 aliphatic carbocycles. The molecule has 1 aromatic carbocycles. The Morgan fingerprint density at radius 3 is 2.26 bits per heavy atom. The van der Waals surface area contributed by atoms with Crippen LogP contribution in [0.3, 0.4) is 0 Å². The second kappa shape index (κ2) is 15.4. The average Bonchev–Trinajstić information content (AvgIpc) is 2.93. The molecule has 1 amide bonds. The summed E-state index contributed by atoms with van der Waals surface area (Å²) in [7, 11) is -4.32. The molecule has 38 heavy (non-hydrogen) atoms. The van der Waals surface area contributed by atoms with Crippen LogP contribution in [0.1, 0.15) is 64.4 Å². The van der Waals surface area contributed by atoms with Crippen molar-refractivity contribution >= 4 is 28.2 Å². The van der Waals surface area contributed by atoms with Crippen molar-refractivity contribution in [3.63, 3.8) is 0 Å². The maximum Gasteiger partial charge on any atom is 0.280 e. The largest absolute Gasteiger partial charge is 0.494 e. The Balaban J connectivity index is 0.00000507. The van der Waals surface area contributed by atoms with Crippen LogP contribution >= 0.6 is 12.4 Å². The lowest BCUT2D eigenvalue weighted by Crippen LogP contribution is -2.66. The number of rotatable bonds is 14. The van der Waals surface area contributed by atoms with E-state index in [-0.39, 0.29) is 30.0 Å². The highest BCUT2D eigenvalue weighted by molar-refractivity contribution is 7.93. The topological polar surface area (TPSA) is 127 Å². The van der Waals surface area contributed by atoms with Gasteiger partial charge in [0, 0.05) is 31.5 Å². The molecule has 0 unspecified atom stereocenters. The third kappa shape index (κ3) is 7.45. The molecule has 0 saturated heterocycles. The summed E-state index contributed by atoms with van der Waals surface area (Å²) in [5.41, 5.74) is 2.42. The zero-order chi connectivity index (χ0) is 26.7. The summed E-state index contributed by atoms with van der Waals surface area (Å²) in [6.45, 7) is 5.38. The maximum absolute atomic E-state index is 14.3. The number of aromatic nitrogens is 1. The fraction of sp³-hybridized carbons (Fsp3) is 0.556. The van der Waals surface area contributed by atoms with E-state index in [0.29, 0.717) is 44.6 Å². The SMILES string of the molecule is CCCCOc1ccc(S(=O)(=O)[C@@](NCc2ccncc2)(C(=O)NO)[C@H]2CC[C@H](OCCC)CC2)cc1.Cl. The zero-order valence-electron chi connectivity index (χ0n) is 22.1. The number of carbonyl (C=O) groups excluding carboxylic acids is 1. The Labute approximate surface area is 232 Å². The number of hydrogen-bond donors (Lipinski definition) is 3. The Kier molecular flexibility index (Phi) is 12.9. The van der Waals surface area contributed by atoms with Gasteiger partial charge in [0.15, 0.2) is 0 Å². The molecule has 0 spiro atoms. The fourth-order valence-electron chi connectivity index (χ4n) is 4.82. The summed E-state index contributed by atoms with van der Waals surface area (Å²) in [5, 5.41) is 12.8. The molecule has 1 aliphatic rings. The van der Waals surface area contributed by atoms with Crippen LogP contribution in [0.2, 0.25) is 0 Å². The Morgan fingerprint density at radius 2 is 1.68 bits per heavy atom. The number of hydrogen-bond acceptors (Lipinski definition) is 8. The summed E-state index contributed by atoms with van der Waals surface area (Å²) in [4.78, 5) is 15.3. The second-order valence-electron chi connectivity index (χ2n) is 9.41. The molecule has 11 heteroatoms. The monoisotopic (exact) mass is 569 g/mol. The number of ether oxygens (including phenoxy) is 2. The standard InChI is InChI=1S/C27H39N3O6S.ClH/c1-3-5-19-36-24-10-12-25(13-11-24)37(33,34)27(26(31)30-32,29-20-21-14-16-28-17-15-21)22-6-8-23(9-7-22)35-18-4-2;/h10-17,22-23,29,32H,3-9,18-20H2,1-2H3,(H,30,31);1H/t22-,23-,27-;/m1./s1. The quantitative estimate of drug-likeness (QED) is 0.173. The minimum atomic E-state index is -4.32. The van der Waals surface area contributed by atoms with Crippen LogP contribution in [0.25, 0.3) is 0 Å². The van der Waals surface area contributed by atoms with Crippen molar-refractivity contribution in [2.75, 3.05) is 13.2 Å². The molecule has 1 atom stereocenters. The van der Waals surface area contributed by atoms with E-state index in [9.17, 15) is 18.4 Å². The van der Waals surface area contributed by atoms with Crippen LogP contribution < -0.4 is 15.5 Å². The molecule has 0 radical (unpaired) electrons. The molecule has 9 nitrogen and oxygen atoms in total. The number of benzene rings is 1. The van der Waals surface area contributed by atoms with E-state index in [1.807, 2.05) is 6.92 Å². The number of unbranched alkanes of at least 4 members (excludes halogenated alkanes) is 1. The van der Waals surface area contributed by atoms with Gasteiger partial charge in [0.1, 0.15) is 5.75 Å². The van der Waals surface area contributed by atoms with Gasteiger partial charge in [-0.2, -0.15) is 0 Å². The molecule has 3 rings (SSSR count). The number of pyridine rings is 1. The minimum absolute atomic E-state index is 0. The number of nitrogens with zero attached hydrogens (tertiary/aromatic N) is 1. The number of sulfone groups is 1. The predicted molar refractivity (Wildman–Crippen MR) is 147 cm³/mol. The van der Waals surface area contributed by atoms with E-state index in [1.54, 1.807) is 42.1 Å². The molecular weight excluding hydrogens is 530 g/mol. The molecular formula is C27H40ClN3O6S. The minimum Gasteiger partial charge on any atom is -0.494 e. The molecule has 1 saturated carbocycles. The Hall–Kier alpha value is -2.24. The van der Waals surface area contributed by atoms with Gasteiger partial charge in [-0.1, -0.05) is 20.3 Å². The number of amides is 1. The van der Waals surface area contributed by atoms with Gasteiger partial charge in [0.25, 0.3) is 5.91 Å². The number of nitrogens with one attached hydrogen (secondary N) is 2. The lowest BCUT2D eigenvalue weighted by atomic mass is 9.81. The summed E-state index contributed by atoms with van der Waals surface area (Å²) in [5.74, 6) is -1.03. The summed E-state index contributed by atoms with van der Waals surface area (Å²) in [6, 6.07) is 9.61. The number of halogens is 1. The predicted octanol–water partition coefficient (Wildman–Crippen LogP) is 4.43. The summed E-state index contributed by atoms with van der Waals surface area (Å²) < 4.78 is 40.1. The molecule has 1 aromatic heterocycles. The Morgan fingerprint density at radius 1 is 1.03 bits per heavy atom. The van der Waals surface area contributed by atoms with Crippen LogP contribution in [0, 0.1) is 5.92 Å². The van der Waals surface area contributed by atoms with E-state index in [0.717, 1.165) is 24.8 Å². The molecule has 1 fully saturated rings. The van der Waals surface area contributed by atoms with Gasteiger partial charge in [0.2, 0.25) is 14.7 Å². The summed E-state index contributed by atoms with van der Waals surface area (Å²) in [6.07, 6.45) is 8.16. The molecule has 2 aromatic rings. The highest BCUT2D eigenvalue weighted by atomic mass is 35.5. The first kappa shape index (κ1) is 32.0. The molecule has 212 valence electrons. The van der Waals surface area contributed by atoms with Crippen molar-refractivity contribution < 1.29 is 27.9 Å². The smallest absolute Gasteiger partial charge is 0.280 e. The van der Waals surface area contributed by atoms with Gasteiger partial charge < -0.3 is 9.47 Å². The van der Waals surface area contributed by atoms with Gasteiger partial charge in [-0.3, -0.25) is 20.3 Å². The van der Waals surface area contributed by atoms with E-state index in [4.69, 9.17) is 9.47 Å². The van der Waals surface area contributed by atoms with E-state index < -0.39 is 26.5 Å². The zero-order valence-corrected chi connectivity index (χ0v) is 23.7. The van der Waals surface area contributed by atoms with Crippen molar-refractivity contribution in [2.45, 2.75) is 81.2 Å². The van der Waals surface area contributed by atoms with Crippen molar-refractivity contribution in [2.24, 2.45) is 5.92 Å². The van der Waals surface area contributed by atoms with Gasteiger partial charge in [-0.15, -0.1) is 12.4 Å². The van der Waals surface area contributed by atoms with E-state index in [1.165, 1.54) is 12.1 Å². The lowest BCUT2D eigenvalue weighted by molar-refractivity contribution is -0.135. The molecule has 1 heterocycles. The molecule has 0 bridgehead atoms. The van der Waals surface area contributed by atoms with E-state index in [2.05, 4.69) is 17.2 Å². The third-order valence-corrected chi connectivity index (χ3v) is 9.28. The van der Waals surface area contributed by atoms with Crippen LogP contribution in [0.5, 0.6) is 5.75 Å². The van der Waals surface area contributed by atoms with Crippen molar-refractivity contribution in [3.8, 4) is 5.75 Å². The fourth-order valence-corrected chi connectivity index (χ4v) is 6.91. The third-order valence-electron chi connectivity index (χ3n) is 6.87. The number of hydroxylamine groups is 1. The highest BCUT2D eigenvalue weighted by Gasteiger charge is 2.57. The normalized spacial score (nSPS) is 19.1. The average molecular weight is 570 g/mol. The highest BCUT2D eigenvalue weighted by Crippen LogP contribution is 2.41. The lowest BCUT2D eigenvalue weighted by Gasteiger charge is -2.42.